The minimum atomic E-state index is -0.580. The van der Waals surface area contributed by atoms with Gasteiger partial charge in [0.2, 0.25) is 0 Å². The number of hydrogen-bond acceptors (Lipinski definition) is 4. The molecule has 58 valence electrons. The van der Waals surface area contributed by atoms with Gasteiger partial charge in [-0.05, 0) is 6.07 Å². The van der Waals surface area contributed by atoms with Gasteiger partial charge in [-0.1, -0.05) is 11.6 Å². The Hall–Kier alpha value is -1.16. The molecule has 0 saturated heterocycles. The SMILES string of the molecule is COC(=O)c1nnccc1Cl. The van der Waals surface area contributed by atoms with Crippen molar-refractivity contribution in [3.05, 3.63) is 23.0 Å². The summed E-state index contributed by atoms with van der Waals surface area (Å²) in [6, 6.07) is 1.47. The molecule has 0 saturated carbocycles. The van der Waals surface area contributed by atoms with Crippen molar-refractivity contribution in [3.63, 3.8) is 0 Å². The van der Waals surface area contributed by atoms with Crippen molar-refractivity contribution in [1.82, 2.24) is 10.2 Å². The van der Waals surface area contributed by atoms with Crippen molar-refractivity contribution in [1.29, 1.82) is 0 Å². The van der Waals surface area contributed by atoms with Gasteiger partial charge in [0, 0.05) is 0 Å². The summed E-state index contributed by atoms with van der Waals surface area (Å²) in [6.07, 6.45) is 1.40. The van der Waals surface area contributed by atoms with Crippen LogP contribution in [0.25, 0.3) is 0 Å². The molecule has 0 aliphatic rings. The molecule has 0 aliphatic carbocycles. The fourth-order valence-corrected chi connectivity index (χ4v) is 0.723. The van der Waals surface area contributed by atoms with Crippen LogP contribution in [0.2, 0.25) is 5.02 Å². The molecule has 0 aromatic carbocycles. The molecular weight excluding hydrogens is 168 g/mol. The number of hydrogen-bond donors (Lipinski definition) is 0. The fraction of sp³-hybridized carbons (Fsp3) is 0.167. The molecule has 4 nitrogen and oxygen atoms in total. The van der Waals surface area contributed by atoms with Crippen LogP contribution in [0.5, 0.6) is 0 Å². The highest BCUT2D eigenvalue weighted by Crippen LogP contribution is 2.11. The minimum Gasteiger partial charge on any atom is -0.464 e. The highest BCUT2D eigenvalue weighted by Gasteiger charge is 2.11. The Morgan fingerprint density at radius 1 is 1.73 bits per heavy atom. The van der Waals surface area contributed by atoms with E-state index in [9.17, 15) is 4.79 Å². The number of ether oxygens (including phenoxy) is 1. The monoisotopic (exact) mass is 172 g/mol. The quantitative estimate of drug-likeness (QED) is 0.591. The lowest BCUT2D eigenvalue weighted by molar-refractivity contribution is 0.0593. The van der Waals surface area contributed by atoms with Gasteiger partial charge < -0.3 is 4.74 Å². The first-order chi connectivity index (χ1) is 5.25. The van der Waals surface area contributed by atoms with E-state index in [1.165, 1.54) is 19.4 Å². The normalized spacial score (nSPS) is 9.27. The summed E-state index contributed by atoms with van der Waals surface area (Å²) in [5.41, 5.74) is 0.0386. The average Bonchev–Trinajstić information content (AvgIpc) is 2.04. The second-order valence-electron chi connectivity index (χ2n) is 1.72. The first-order valence-corrected chi connectivity index (χ1v) is 3.19. The van der Waals surface area contributed by atoms with Crippen molar-refractivity contribution in [2.75, 3.05) is 7.11 Å². The van der Waals surface area contributed by atoms with Crippen molar-refractivity contribution in [2.24, 2.45) is 0 Å². The van der Waals surface area contributed by atoms with Crippen LogP contribution in [-0.4, -0.2) is 23.3 Å². The van der Waals surface area contributed by atoms with E-state index in [2.05, 4.69) is 14.9 Å². The third-order valence-corrected chi connectivity index (χ3v) is 1.36. The second-order valence-corrected chi connectivity index (χ2v) is 2.13. The molecule has 5 heteroatoms. The minimum absolute atomic E-state index is 0.0386. The van der Waals surface area contributed by atoms with Crippen LogP contribution >= 0.6 is 11.6 Å². The summed E-state index contributed by atoms with van der Waals surface area (Å²) < 4.78 is 4.39. The van der Waals surface area contributed by atoms with E-state index in [0.29, 0.717) is 0 Å². The predicted octanol–water partition coefficient (Wildman–Crippen LogP) is 0.917. The van der Waals surface area contributed by atoms with E-state index in [1.54, 1.807) is 0 Å². The number of aromatic nitrogens is 2. The lowest BCUT2D eigenvalue weighted by Crippen LogP contribution is -2.05. The Bertz CT molecular complexity index is 277. The maximum absolute atomic E-state index is 10.8. The Morgan fingerprint density at radius 3 is 3.00 bits per heavy atom. The molecule has 1 rings (SSSR count). The smallest absolute Gasteiger partial charge is 0.360 e. The van der Waals surface area contributed by atoms with E-state index >= 15 is 0 Å². The Kier molecular flexibility index (Phi) is 2.38. The van der Waals surface area contributed by atoms with Crippen LogP contribution in [-0.2, 0) is 4.74 Å². The van der Waals surface area contributed by atoms with E-state index < -0.39 is 5.97 Å². The van der Waals surface area contributed by atoms with Crippen LogP contribution < -0.4 is 0 Å². The molecular formula is C6H5ClN2O2. The van der Waals surface area contributed by atoms with Crippen LogP contribution in [0.1, 0.15) is 10.5 Å². The summed E-state index contributed by atoms with van der Waals surface area (Å²) >= 11 is 5.59. The van der Waals surface area contributed by atoms with Crippen LogP contribution in [0, 0.1) is 0 Å². The summed E-state index contributed by atoms with van der Waals surface area (Å²) in [7, 11) is 1.26. The number of esters is 1. The van der Waals surface area contributed by atoms with Crippen molar-refractivity contribution in [2.45, 2.75) is 0 Å². The third kappa shape index (κ3) is 1.65. The van der Waals surface area contributed by atoms with Crippen molar-refractivity contribution < 1.29 is 9.53 Å². The van der Waals surface area contributed by atoms with Crippen LogP contribution in [0.4, 0.5) is 0 Å². The number of halogens is 1. The summed E-state index contributed by atoms with van der Waals surface area (Å²) in [5.74, 6) is -0.580. The molecule has 0 unspecified atom stereocenters. The molecule has 0 fully saturated rings. The largest absolute Gasteiger partial charge is 0.464 e. The number of methoxy groups -OCH3 is 1. The zero-order valence-corrected chi connectivity index (χ0v) is 6.50. The van der Waals surface area contributed by atoms with E-state index in [4.69, 9.17) is 11.6 Å². The zero-order chi connectivity index (χ0) is 8.27. The Labute approximate surface area is 68.1 Å². The summed E-state index contributed by atoms with van der Waals surface area (Å²) in [5, 5.41) is 7.21. The van der Waals surface area contributed by atoms with Gasteiger partial charge in [0.25, 0.3) is 0 Å². The molecule has 0 bridgehead atoms. The summed E-state index contributed by atoms with van der Waals surface area (Å²) in [6.45, 7) is 0. The molecule has 1 heterocycles. The van der Waals surface area contributed by atoms with Gasteiger partial charge in [-0.3, -0.25) is 0 Å². The van der Waals surface area contributed by atoms with E-state index in [0.717, 1.165) is 0 Å². The van der Waals surface area contributed by atoms with Crippen LogP contribution in [0.15, 0.2) is 12.3 Å². The molecule has 0 spiro atoms. The average molecular weight is 173 g/mol. The maximum Gasteiger partial charge on any atom is 0.360 e. The maximum atomic E-state index is 10.8. The van der Waals surface area contributed by atoms with Gasteiger partial charge >= 0.3 is 5.97 Å². The lowest BCUT2D eigenvalue weighted by Gasteiger charge is -1.97. The molecule has 0 radical (unpaired) electrons. The Balaban J connectivity index is 3.03. The molecule has 0 atom stereocenters. The Morgan fingerprint density at radius 2 is 2.45 bits per heavy atom. The van der Waals surface area contributed by atoms with E-state index in [-0.39, 0.29) is 10.7 Å². The van der Waals surface area contributed by atoms with Gasteiger partial charge in [-0.15, -0.1) is 5.10 Å². The van der Waals surface area contributed by atoms with Gasteiger partial charge in [-0.25, -0.2) is 4.79 Å². The van der Waals surface area contributed by atoms with Crippen molar-refractivity contribution >= 4 is 17.6 Å². The predicted molar refractivity (Wildman–Crippen MR) is 38.4 cm³/mol. The fourth-order valence-electron chi connectivity index (χ4n) is 0.552. The summed E-state index contributed by atoms with van der Waals surface area (Å²) in [4.78, 5) is 10.8. The topological polar surface area (TPSA) is 52.1 Å². The molecule has 11 heavy (non-hydrogen) atoms. The van der Waals surface area contributed by atoms with Crippen LogP contribution in [0.3, 0.4) is 0 Å². The number of rotatable bonds is 1. The molecule has 1 aromatic heterocycles. The second kappa shape index (κ2) is 3.30. The first-order valence-electron chi connectivity index (χ1n) is 2.81. The lowest BCUT2D eigenvalue weighted by atomic mass is 10.4. The molecule has 0 amide bonds. The molecule has 0 N–H and O–H groups in total. The van der Waals surface area contributed by atoms with Gasteiger partial charge in [-0.2, -0.15) is 5.10 Å². The number of nitrogens with zero attached hydrogens (tertiary/aromatic N) is 2. The van der Waals surface area contributed by atoms with Gasteiger partial charge in [0.05, 0.1) is 18.3 Å². The van der Waals surface area contributed by atoms with E-state index in [1.807, 2.05) is 0 Å². The number of carbonyl (C=O) groups excluding carboxylic acids is 1. The third-order valence-electron chi connectivity index (χ3n) is 1.05. The van der Waals surface area contributed by atoms with Gasteiger partial charge in [0.1, 0.15) is 0 Å². The van der Waals surface area contributed by atoms with Gasteiger partial charge in [0.15, 0.2) is 5.69 Å². The number of carbonyl (C=O) groups is 1. The molecule has 0 aliphatic heterocycles. The zero-order valence-electron chi connectivity index (χ0n) is 5.74. The highest BCUT2D eigenvalue weighted by molar-refractivity contribution is 6.33. The standard InChI is InChI=1S/C6H5ClN2O2/c1-11-6(10)5-4(7)2-3-8-9-5/h2-3H,1H3. The highest BCUT2D eigenvalue weighted by atomic mass is 35.5. The van der Waals surface area contributed by atoms with Crippen molar-refractivity contribution in [3.8, 4) is 0 Å². The molecule has 1 aromatic rings. The first kappa shape index (κ1) is 7.94.